The Morgan fingerprint density at radius 2 is 2.25 bits per heavy atom. The van der Waals surface area contributed by atoms with Crippen LogP contribution in [0.3, 0.4) is 0 Å². The Bertz CT molecular complexity index is 648. The zero-order valence-corrected chi connectivity index (χ0v) is 13.0. The molecular weight excluding hydrogens is 342 g/mol. The molecule has 1 aliphatic rings. The van der Waals surface area contributed by atoms with Crippen molar-refractivity contribution in [3.05, 3.63) is 33.1 Å². The summed E-state index contributed by atoms with van der Waals surface area (Å²) in [6.45, 7) is 0.187. The maximum Gasteiger partial charge on any atom is 0.293 e. The zero-order chi connectivity index (χ0) is 14.7. The summed E-state index contributed by atoms with van der Waals surface area (Å²) in [5.41, 5.74) is 0.795. The number of hydrogen-bond acceptors (Lipinski definition) is 4. The van der Waals surface area contributed by atoms with Crippen LogP contribution >= 0.6 is 27.7 Å². The Hall–Kier alpha value is -1.71. The molecule has 0 N–H and O–H groups in total. The van der Waals surface area contributed by atoms with Gasteiger partial charge in [0.2, 0.25) is 0 Å². The number of thioether (sulfide) groups is 1. The number of ether oxygens (including phenoxy) is 1. The molecule has 0 atom stereocenters. The Morgan fingerprint density at radius 3 is 2.80 bits per heavy atom. The second-order valence-corrected chi connectivity index (χ2v) is 5.77. The summed E-state index contributed by atoms with van der Waals surface area (Å²) in [4.78, 5) is 24.7. The summed E-state index contributed by atoms with van der Waals surface area (Å²) in [5.74, 6) is 2.73. The van der Waals surface area contributed by atoms with Gasteiger partial charge in [-0.15, -0.1) is 6.42 Å². The van der Waals surface area contributed by atoms with E-state index in [0.717, 1.165) is 26.7 Å². The molecule has 0 saturated carbocycles. The summed E-state index contributed by atoms with van der Waals surface area (Å²) in [5, 5.41) is -0.269. The number of rotatable bonds is 3. The summed E-state index contributed by atoms with van der Waals surface area (Å²) < 4.78 is 6.06. The van der Waals surface area contributed by atoms with Crippen molar-refractivity contribution in [2.75, 3.05) is 13.7 Å². The molecule has 1 aromatic carbocycles. The SMILES string of the molecule is C#CCOc1ccc(/C=C2\SC(=O)N(C)C2=O)cc1Br. The number of halogens is 1. The molecule has 1 aromatic rings. The molecular formula is C14H10BrNO3S. The van der Waals surface area contributed by atoms with Crippen molar-refractivity contribution in [1.82, 2.24) is 4.90 Å². The topological polar surface area (TPSA) is 46.6 Å². The van der Waals surface area contributed by atoms with Crippen molar-refractivity contribution in [1.29, 1.82) is 0 Å². The van der Waals surface area contributed by atoms with Crippen LogP contribution in [0, 0.1) is 12.3 Å². The van der Waals surface area contributed by atoms with Crippen LogP contribution in [0.4, 0.5) is 4.79 Å². The highest BCUT2D eigenvalue weighted by molar-refractivity contribution is 9.10. The van der Waals surface area contributed by atoms with E-state index in [1.807, 2.05) is 0 Å². The first-order valence-electron chi connectivity index (χ1n) is 5.60. The average molecular weight is 352 g/mol. The predicted octanol–water partition coefficient (Wildman–Crippen LogP) is 3.13. The third-order valence-corrected chi connectivity index (χ3v) is 4.13. The minimum Gasteiger partial charge on any atom is -0.480 e. The van der Waals surface area contributed by atoms with Crippen LogP contribution < -0.4 is 4.74 Å². The van der Waals surface area contributed by atoms with Crippen molar-refractivity contribution >= 4 is 44.9 Å². The van der Waals surface area contributed by atoms with Crippen molar-refractivity contribution in [2.45, 2.75) is 0 Å². The molecule has 0 radical (unpaired) electrons. The van der Waals surface area contributed by atoms with Crippen LogP contribution in [0.1, 0.15) is 5.56 Å². The highest BCUT2D eigenvalue weighted by Crippen LogP contribution is 2.32. The van der Waals surface area contributed by atoms with Gasteiger partial charge in [0.1, 0.15) is 12.4 Å². The number of carbonyl (C=O) groups is 2. The van der Waals surface area contributed by atoms with E-state index in [1.165, 1.54) is 7.05 Å². The molecule has 0 bridgehead atoms. The molecule has 0 aromatic heterocycles. The van der Waals surface area contributed by atoms with Crippen molar-refractivity contribution in [2.24, 2.45) is 0 Å². The van der Waals surface area contributed by atoms with E-state index in [4.69, 9.17) is 11.2 Å². The molecule has 0 spiro atoms. The summed E-state index contributed by atoms with van der Waals surface area (Å²) in [6.07, 6.45) is 6.80. The number of imide groups is 1. The largest absolute Gasteiger partial charge is 0.480 e. The molecule has 1 fully saturated rings. The third kappa shape index (κ3) is 3.06. The molecule has 20 heavy (non-hydrogen) atoms. The Labute approximate surface area is 129 Å². The van der Waals surface area contributed by atoms with E-state index < -0.39 is 0 Å². The minimum absolute atomic E-state index is 0.187. The van der Waals surface area contributed by atoms with E-state index in [2.05, 4.69) is 21.9 Å². The van der Waals surface area contributed by atoms with E-state index in [1.54, 1.807) is 24.3 Å². The number of hydrogen-bond donors (Lipinski definition) is 0. The first kappa shape index (κ1) is 14.7. The lowest BCUT2D eigenvalue weighted by atomic mass is 10.2. The van der Waals surface area contributed by atoms with Crippen LogP contribution in [-0.4, -0.2) is 29.7 Å². The number of terminal acetylenes is 1. The van der Waals surface area contributed by atoms with Crippen LogP contribution in [0.2, 0.25) is 0 Å². The maximum absolute atomic E-state index is 11.8. The Balaban J connectivity index is 2.23. The van der Waals surface area contributed by atoms with E-state index in [0.29, 0.717) is 10.7 Å². The molecule has 0 aliphatic carbocycles. The molecule has 2 rings (SSSR count). The maximum atomic E-state index is 11.8. The van der Waals surface area contributed by atoms with Gasteiger partial charge >= 0.3 is 0 Å². The van der Waals surface area contributed by atoms with Gasteiger partial charge in [-0.1, -0.05) is 12.0 Å². The average Bonchev–Trinajstić information content (AvgIpc) is 2.65. The van der Waals surface area contributed by atoms with Crippen LogP contribution in [0.25, 0.3) is 6.08 Å². The first-order chi connectivity index (χ1) is 9.52. The second kappa shape index (κ2) is 6.16. The normalized spacial score (nSPS) is 16.6. The van der Waals surface area contributed by atoms with Gasteiger partial charge in [-0.2, -0.15) is 0 Å². The molecule has 4 nitrogen and oxygen atoms in total. The zero-order valence-electron chi connectivity index (χ0n) is 10.6. The fourth-order valence-corrected chi connectivity index (χ4v) is 2.88. The number of amides is 2. The number of nitrogens with zero attached hydrogens (tertiary/aromatic N) is 1. The fourth-order valence-electron chi connectivity index (χ4n) is 1.54. The van der Waals surface area contributed by atoms with Gasteiger partial charge in [0.15, 0.2) is 0 Å². The Morgan fingerprint density at radius 1 is 1.50 bits per heavy atom. The van der Waals surface area contributed by atoms with Gasteiger partial charge in [-0.05, 0) is 51.5 Å². The van der Waals surface area contributed by atoms with Gasteiger partial charge in [0.05, 0.1) is 9.38 Å². The fraction of sp³-hybridized carbons (Fsp3) is 0.143. The van der Waals surface area contributed by atoms with Gasteiger partial charge in [0.25, 0.3) is 11.1 Å². The first-order valence-corrected chi connectivity index (χ1v) is 7.21. The van der Waals surface area contributed by atoms with Crippen molar-refractivity contribution in [3.8, 4) is 18.1 Å². The molecule has 1 aliphatic heterocycles. The monoisotopic (exact) mass is 351 g/mol. The van der Waals surface area contributed by atoms with E-state index in [-0.39, 0.29) is 17.8 Å². The van der Waals surface area contributed by atoms with Gasteiger partial charge in [-0.3, -0.25) is 14.5 Å². The molecule has 1 heterocycles. The highest BCUT2D eigenvalue weighted by Gasteiger charge is 2.31. The predicted molar refractivity (Wildman–Crippen MR) is 82.2 cm³/mol. The molecule has 2 amide bonds. The lowest BCUT2D eigenvalue weighted by Gasteiger charge is -2.06. The highest BCUT2D eigenvalue weighted by atomic mass is 79.9. The van der Waals surface area contributed by atoms with E-state index >= 15 is 0 Å². The van der Waals surface area contributed by atoms with Crippen molar-refractivity contribution in [3.63, 3.8) is 0 Å². The second-order valence-electron chi connectivity index (χ2n) is 3.92. The quantitative estimate of drug-likeness (QED) is 0.620. The summed E-state index contributed by atoms with van der Waals surface area (Å²) in [6, 6.07) is 5.35. The van der Waals surface area contributed by atoms with Crippen LogP contribution in [0.5, 0.6) is 5.75 Å². The third-order valence-electron chi connectivity index (χ3n) is 2.55. The lowest BCUT2D eigenvalue weighted by Crippen LogP contribution is -2.22. The van der Waals surface area contributed by atoms with Crippen LogP contribution in [-0.2, 0) is 4.79 Å². The van der Waals surface area contributed by atoms with Crippen LogP contribution in [0.15, 0.2) is 27.6 Å². The van der Waals surface area contributed by atoms with Gasteiger partial charge in [0, 0.05) is 7.05 Å². The van der Waals surface area contributed by atoms with Gasteiger partial charge in [-0.25, -0.2) is 0 Å². The summed E-state index contributed by atoms with van der Waals surface area (Å²) >= 11 is 4.30. The number of carbonyl (C=O) groups excluding carboxylic acids is 2. The lowest BCUT2D eigenvalue weighted by molar-refractivity contribution is -0.121. The molecule has 102 valence electrons. The summed E-state index contributed by atoms with van der Waals surface area (Å²) in [7, 11) is 1.46. The minimum atomic E-state index is -0.288. The van der Waals surface area contributed by atoms with Crippen molar-refractivity contribution < 1.29 is 14.3 Å². The smallest absolute Gasteiger partial charge is 0.293 e. The molecule has 1 saturated heterocycles. The Kier molecular flexibility index (Phi) is 4.53. The van der Waals surface area contributed by atoms with E-state index in [9.17, 15) is 9.59 Å². The molecule has 6 heteroatoms. The number of likely N-dealkylation sites (N-methyl/N-ethyl adjacent to an activating group) is 1. The van der Waals surface area contributed by atoms with Gasteiger partial charge < -0.3 is 4.74 Å². The standard InChI is InChI=1S/C14H10BrNO3S/c1-3-6-19-11-5-4-9(7-10(11)15)8-12-13(17)16(2)14(18)20-12/h1,4-5,7-8H,6H2,2H3/b12-8-. The molecule has 0 unspecified atom stereocenters. The number of benzene rings is 1.